The van der Waals surface area contributed by atoms with E-state index in [1.165, 1.54) is 38.9 Å². The van der Waals surface area contributed by atoms with Crippen LogP contribution in [0.4, 0.5) is 0 Å². The van der Waals surface area contributed by atoms with Crippen LogP contribution in [-0.4, -0.2) is 71.4 Å². The first-order valence-corrected chi connectivity index (χ1v) is 12.4. The van der Waals surface area contributed by atoms with Crippen molar-refractivity contribution in [2.75, 3.05) is 39.5 Å². The summed E-state index contributed by atoms with van der Waals surface area (Å²) in [6, 6.07) is 16.5. The van der Waals surface area contributed by atoms with Crippen LogP contribution in [-0.2, 0) is 16.0 Å². The quantitative estimate of drug-likeness (QED) is 0.508. The first-order chi connectivity index (χ1) is 15.4. The van der Waals surface area contributed by atoms with Crippen molar-refractivity contribution >= 4 is 35.5 Å². The number of nitrogens with zero attached hydrogens (tertiary/aromatic N) is 2. The van der Waals surface area contributed by atoms with Gasteiger partial charge in [-0.15, -0.1) is 11.8 Å². The third-order valence-electron chi connectivity index (χ3n) is 5.53. The van der Waals surface area contributed by atoms with Crippen LogP contribution in [0.15, 0.2) is 69.3 Å². The Morgan fingerprint density at radius 1 is 1.00 bits per heavy atom. The van der Waals surface area contributed by atoms with Gasteiger partial charge in [0.2, 0.25) is 0 Å². The summed E-state index contributed by atoms with van der Waals surface area (Å²) in [5, 5.41) is 15.6. The summed E-state index contributed by atoms with van der Waals surface area (Å²) in [4.78, 5) is 28.5. The van der Waals surface area contributed by atoms with E-state index in [0.717, 1.165) is 19.5 Å². The molecule has 0 saturated carbocycles. The minimum atomic E-state index is -1.26. The molecule has 170 valence electrons. The van der Waals surface area contributed by atoms with E-state index in [4.69, 9.17) is 10.2 Å². The predicted molar refractivity (Wildman–Crippen MR) is 129 cm³/mol. The maximum atomic E-state index is 9.55. The average molecular weight is 473 g/mol. The highest BCUT2D eigenvalue weighted by Crippen LogP contribution is 2.44. The Hall–Kier alpha value is -2.26. The number of hydrogen-bond acceptors (Lipinski definition) is 6. The Morgan fingerprint density at radius 2 is 1.66 bits per heavy atom. The maximum absolute atomic E-state index is 9.55. The molecule has 0 spiro atoms. The van der Waals surface area contributed by atoms with Gasteiger partial charge in [0, 0.05) is 59.1 Å². The number of carboxylic acids is 2. The fraction of sp³-hybridized carbons (Fsp3) is 0.333. The maximum Gasteiger partial charge on any atom is 0.328 e. The van der Waals surface area contributed by atoms with Crippen molar-refractivity contribution in [2.24, 2.45) is 0 Å². The molecule has 1 saturated heterocycles. The Kier molecular flexibility index (Phi) is 8.81. The molecule has 0 aliphatic carbocycles. The van der Waals surface area contributed by atoms with Gasteiger partial charge < -0.3 is 15.1 Å². The second kappa shape index (κ2) is 11.6. The van der Waals surface area contributed by atoms with E-state index < -0.39 is 11.9 Å². The molecule has 1 atom stereocenters. The van der Waals surface area contributed by atoms with Crippen molar-refractivity contribution in [3.8, 4) is 0 Å². The summed E-state index contributed by atoms with van der Waals surface area (Å²) < 4.78 is 0. The first kappa shape index (κ1) is 24.4. The number of thioether (sulfide) groups is 1. The minimum absolute atomic E-state index is 0.497. The highest BCUT2D eigenvalue weighted by Gasteiger charge is 2.29. The van der Waals surface area contributed by atoms with Gasteiger partial charge in [0.1, 0.15) is 0 Å². The smallest absolute Gasteiger partial charge is 0.328 e. The van der Waals surface area contributed by atoms with Gasteiger partial charge in [-0.1, -0.05) is 30.0 Å². The molecule has 0 aromatic heterocycles. The van der Waals surface area contributed by atoms with E-state index in [1.807, 2.05) is 23.5 Å². The van der Waals surface area contributed by atoms with Gasteiger partial charge in [-0.3, -0.25) is 4.90 Å². The van der Waals surface area contributed by atoms with Gasteiger partial charge in [0.05, 0.1) is 0 Å². The highest BCUT2D eigenvalue weighted by atomic mass is 32.2. The lowest BCUT2D eigenvalue weighted by Crippen LogP contribution is -2.46. The zero-order chi connectivity index (χ0) is 23.1. The first-order valence-electron chi connectivity index (χ1n) is 10.4. The normalized spacial score (nSPS) is 18.8. The zero-order valence-electron chi connectivity index (χ0n) is 18.2. The molecule has 2 aliphatic rings. The molecular formula is C24H28N2O4S2. The number of aliphatic carboxylic acids is 2. The van der Waals surface area contributed by atoms with Crippen molar-refractivity contribution in [1.29, 1.82) is 0 Å². The number of piperazine rings is 1. The van der Waals surface area contributed by atoms with Crippen LogP contribution in [0.25, 0.3) is 0 Å². The fourth-order valence-electron chi connectivity index (χ4n) is 3.82. The summed E-state index contributed by atoms with van der Waals surface area (Å²) in [6.07, 6.45) is 4.41. The molecule has 0 amide bonds. The van der Waals surface area contributed by atoms with Crippen molar-refractivity contribution in [2.45, 2.75) is 27.1 Å². The standard InChI is InChI=1S/C20H24N2S2.C4H4O4/c1-21-9-11-22(12-10-21)18-13-15-5-3-4-6-19(15)24-20-8-7-16(23-2)14-17(18)20;5-3(6)1-2-4(7)8/h3-8,14,18H,9-13H2,1-2H3;1-2H,(H,5,6)(H,7,8)/b;2-1-/t18-;/m1./s1. The average Bonchev–Trinajstić information content (AvgIpc) is 2.95. The molecule has 32 heavy (non-hydrogen) atoms. The van der Waals surface area contributed by atoms with E-state index in [0.29, 0.717) is 18.2 Å². The van der Waals surface area contributed by atoms with Gasteiger partial charge >= 0.3 is 11.9 Å². The van der Waals surface area contributed by atoms with E-state index >= 15 is 0 Å². The third-order valence-corrected chi connectivity index (χ3v) is 7.46. The lowest BCUT2D eigenvalue weighted by molar-refractivity contribution is -0.134. The third kappa shape index (κ3) is 6.62. The number of hydrogen-bond donors (Lipinski definition) is 2. The summed E-state index contributed by atoms with van der Waals surface area (Å²) in [6.45, 7) is 4.67. The Balaban J connectivity index is 0.000000312. The molecule has 0 unspecified atom stereocenters. The van der Waals surface area contributed by atoms with Crippen LogP contribution in [0.3, 0.4) is 0 Å². The van der Waals surface area contributed by atoms with Gasteiger partial charge in [-0.05, 0) is 55.1 Å². The van der Waals surface area contributed by atoms with Crippen molar-refractivity contribution in [3.05, 3.63) is 65.7 Å². The monoisotopic (exact) mass is 472 g/mol. The summed E-state index contributed by atoms with van der Waals surface area (Å²) in [5.41, 5.74) is 3.01. The summed E-state index contributed by atoms with van der Waals surface area (Å²) >= 11 is 3.79. The number of rotatable bonds is 4. The molecule has 2 N–H and O–H groups in total. The molecule has 2 aliphatic heterocycles. The van der Waals surface area contributed by atoms with Crippen LogP contribution < -0.4 is 0 Å². The number of carboxylic acid groups (broad SMARTS) is 2. The van der Waals surface area contributed by atoms with Gasteiger partial charge in [0.15, 0.2) is 0 Å². The van der Waals surface area contributed by atoms with Gasteiger partial charge in [0.25, 0.3) is 0 Å². The van der Waals surface area contributed by atoms with E-state index in [9.17, 15) is 9.59 Å². The van der Waals surface area contributed by atoms with Crippen molar-refractivity contribution in [1.82, 2.24) is 9.80 Å². The van der Waals surface area contributed by atoms with Crippen molar-refractivity contribution in [3.63, 3.8) is 0 Å². The zero-order valence-corrected chi connectivity index (χ0v) is 19.9. The van der Waals surface area contributed by atoms with Crippen LogP contribution >= 0.6 is 23.5 Å². The second-order valence-electron chi connectivity index (χ2n) is 7.68. The Labute approximate surface area is 197 Å². The molecule has 8 heteroatoms. The van der Waals surface area contributed by atoms with Gasteiger partial charge in [-0.25, -0.2) is 9.59 Å². The number of benzene rings is 2. The number of fused-ring (bicyclic) bond motifs is 2. The van der Waals surface area contributed by atoms with Crippen LogP contribution in [0, 0.1) is 0 Å². The molecule has 2 aromatic rings. The van der Waals surface area contributed by atoms with E-state index in [2.05, 4.69) is 65.6 Å². The SMILES string of the molecule is CSc1ccc2c(c1)[C@H](N1CCN(C)CC1)Cc1ccccc1S2.O=C(O)/C=C\C(=O)O. The molecule has 0 bridgehead atoms. The number of likely N-dealkylation sites (N-methyl/N-ethyl adjacent to an activating group) is 1. The van der Waals surface area contributed by atoms with E-state index in [-0.39, 0.29) is 0 Å². The summed E-state index contributed by atoms with van der Waals surface area (Å²) in [5.74, 6) is -2.51. The molecular weight excluding hydrogens is 444 g/mol. The van der Waals surface area contributed by atoms with E-state index in [1.54, 1.807) is 0 Å². The van der Waals surface area contributed by atoms with Crippen LogP contribution in [0.5, 0.6) is 0 Å². The predicted octanol–water partition coefficient (Wildman–Crippen LogP) is 4.12. The lowest BCUT2D eigenvalue weighted by atomic mass is 9.96. The highest BCUT2D eigenvalue weighted by molar-refractivity contribution is 7.99. The lowest BCUT2D eigenvalue weighted by Gasteiger charge is -2.38. The topological polar surface area (TPSA) is 81.1 Å². The molecule has 4 rings (SSSR count). The molecule has 1 fully saturated rings. The van der Waals surface area contributed by atoms with Crippen LogP contribution in [0.2, 0.25) is 0 Å². The summed E-state index contributed by atoms with van der Waals surface area (Å²) in [7, 11) is 2.23. The molecule has 2 aromatic carbocycles. The molecule has 0 radical (unpaired) electrons. The van der Waals surface area contributed by atoms with Crippen LogP contribution in [0.1, 0.15) is 17.2 Å². The molecule has 2 heterocycles. The van der Waals surface area contributed by atoms with Crippen molar-refractivity contribution < 1.29 is 19.8 Å². The largest absolute Gasteiger partial charge is 0.478 e. The minimum Gasteiger partial charge on any atom is -0.478 e. The molecule has 6 nitrogen and oxygen atoms in total. The Morgan fingerprint density at radius 3 is 2.28 bits per heavy atom. The Bertz CT molecular complexity index is 972. The van der Waals surface area contributed by atoms with Gasteiger partial charge in [-0.2, -0.15) is 0 Å². The fourth-order valence-corrected chi connectivity index (χ4v) is 5.38. The number of carbonyl (C=O) groups is 2. The second-order valence-corrected chi connectivity index (χ2v) is 9.65.